The number of hydrogen-bond donors (Lipinski definition) is 1. The van der Waals surface area contributed by atoms with Gasteiger partial charge in [-0.2, -0.15) is 0 Å². The maximum Gasteiger partial charge on any atom is 0.220 e. The third-order valence-corrected chi connectivity index (χ3v) is 4.80. The van der Waals surface area contributed by atoms with E-state index in [1.54, 1.807) is 12.1 Å². The molecule has 7 heteroatoms. The second kappa shape index (κ2) is 7.68. The Balaban J connectivity index is 1.46. The molecule has 3 rings (SSSR count). The normalized spacial score (nSPS) is 12.7. The van der Waals surface area contributed by atoms with Crippen LogP contribution in [0.3, 0.4) is 0 Å². The summed E-state index contributed by atoms with van der Waals surface area (Å²) in [5.74, 6) is 1.18. The highest BCUT2D eigenvalue weighted by atomic mass is 35.5. The highest BCUT2D eigenvalue weighted by molar-refractivity contribution is 7.18. The minimum absolute atomic E-state index is 0.0682. The summed E-state index contributed by atoms with van der Waals surface area (Å²) in [6.45, 7) is 1.46. The molecule has 0 atom stereocenters. The molecule has 0 fully saturated rings. The maximum absolute atomic E-state index is 11.9. The average Bonchev–Trinajstić information content (AvgIpc) is 3.04. The summed E-state index contributed by atoms with van der Waals surface area (Å²) < 4.78 is 11.5. The Morgan fingerprint density at radius 1 is 1.08 bits per heavy atom. The summed E-state index contributed by atoms with van der Waals surface area (Å²) in [7, 11) is 0. The maximum atomic E-state index is 11.9. The minimum atomic E-state index is -0.166. The van der Waals surface area contributed by atoms with Crippen LogP contribution in [0, 0.1) is 0 Å². The molecule has 0 saturated carbocycles. The molecule has 0 spiro atoms. The number of amides is 1. The molecule has 1 aliphatic heterocycles. The first kappa shape index (κ1) is 16.8. The van der Waals surface area contributed by atoms with Gasteiger partial charge in [0.1, 0.15) is 13.2 Å². The van der Waals surface area contributed by atoms with E-state index in [4.69, 9.17) is 21.1 Å². The molecule has 0 radical (unpaired) electrons. The third kappa shape index (κ3) is 4.27. The van der Waals surface area contributed by atoms with Crippen molar-refractivity contribution in [3.05, 3.63) is 45.1 Å². The predicted octanol–water partition coefficient (Wildman–Crippen LogP) is 3.45. The van der Waals surface area contributed by atoms with E-state index in [-0.39, 0.29) is 24.5 Å². The number of benzene rings is 1. The van der Waals surface area contributed by atoms with E-state index in [9.17, 15) is 9.59 Å². The smallest absolute Gasteiger partial charge is 0.220 e. The fourth-order valence-corrected chi connectivity index (χ4v) is 3.31. The number of carbonyl (C=O) groups excluding carboxylic acids is 2. The van der Waals surface area contributed by atoms with Gasteiger partial charge in [-0.25, -0.2) is 0 Å². The summed E-state index contributed by atoms with van der Waals surface area (Å²) >= 11 is 7.03. The van der Waals surface area contributed by atoms with E-state index < -0.39 is 0 Å². The first-order valence-corrected chi connectivity index (χ1v) is 8.75. The molecule has 1 N–H and O–H groups in total. The monoisotopic (exact) mass is 365 g/mol. The lowest BCUT2D eigenvalue weighted by molar-refractivity contribution is -0.121. The van der Waals surface area contributed by atoms with E-state index >= 15 is 0 Å². The lowest BCUT2D eigenvalue weighted by Crippen LogP contribution is -2.23. The first-order valence-electron chi connectivity index (χ1n) is 7.55. The Hall–Kier alpha value is -2.05. The molecule has 1 aliphatic rings. The van der Waals surface area contributed by atoms with Crippen LogP contribution >= 0.6 is 22.9 Å². The van der Waals surface area contributed by atoms with Gasteiger partial charge in [0.05, 0.1) is 9.21 Å². The fourth-order valence-electron chi connectivity index (χ4n) is 2.30. The van der Waals surface area contributed by atoms with Crippen molar-refractivity contribution in [2.75, 3.05) is 13.2 Å². The number of hydrogen-bond acceptors (Lipinski definition) is 5. The average molecular weight is 366 g/mol. The lowest BCUT2D eigenvalue weighted by Gasteiger charge is -2.18. The Labute approximate surface area is 148 Å². The summed E-state index contributed by atoms with van der Waals surface area (Å²) in [5.41, 5.74) is 0.920. The molecule has 2 heterocycles. The fraction of sp³-hybridized carbons (Fsp3) is 0.294. The Bertz CT molecular complexity index is 759. The second-order valence-electron chi connectivity index (χ2n) is 5.28. The number of thiophene rings is 1. The minimum Gasteiger partial charge on any atom is -0.486 e. The van der Waals surface area contributed by atoms with Crippen molar-refractivity contribution in [1.82, 2.24) is 5.32 Å². The molecule has 126 valence electrons. The third-order valence-electron chi connectivity index (χ3n) is 3.52. The highest BCUT2D eigenvalue weighted by Crippen LogP contribution is 2.30. The van der Waals surface area contributed by atoms with Crippen molar-refractivity contribution in [1.29, 1.82) is 0 Å². The Morgan fingerprint density at radius 3 is 2.62 bits per heavy atom. The van der Waals surface area contributed by atoms with E-state index in [0.717, 1.165) is 11.3 Å². The van der Waals surface area contributed by atoms with Gasteiger partial charge in [0.25, 0.3) is 0 Å². The zero-order valence-corrected chi connectivity index (χ0v) is 14.4. The number of nitrogens with one attached hydrogen (secondary N) is 1. The van der Waals surface area contributed by atoms with Crippen LogP contribution in [-0.4, -0.2) is 24.9 Å². The number of fused-ring (bicyclic) bond motifs is 1. The number of ether oxygens (including phenoxy) is 2. The van der Waals surface area contributed by atoms with E-state index in [1.165, 1.54) is 11.3 Å². The van der Waals surface area contributed by atoms with Gasteiger partial charge >= 0.3 is 0 Å². The van der Waals surface area contributed by atoms with Crippen LogP contribution in [0.5, 0.6) is 11.5 Å². The largest absolute Gasteiger partial charge is 0.486 e. The molecule has 1 aromatic heterocycles. The molecule has 0 bridgehead atoms. The van der Waals surface area contributed by atoms with Crippen molar-refractivity contribution in [3.8, 4) is 11.5 Å². The molecular formula is C17H16ClNO4S. The Kier molecular flexibility index (Phi) is 5.37. The van der Waals surface area contributed by atoms with E-state index in [1.807, 2.05) is 18.2 Å². The molecule has 5 nitrogen and oxygen atoms in total. The van der Waals surface area contributed by atoms with Gasteiger partial charge in [0.15, 0.2) is 17.3 Å². The van der Waals surface area contributed by atoms with Crippen molar-refractivity contribution in [2.24, 2.45) is 0 Å². The summed E-state index contributed by atoms with van der Waals surface area (Å²) in [6.07, 6.45) is 0.322. The number of Topliss-reactive ketones (excluding diaryl/α,β-unsaturated/α-hetero) is 1. The van der Waals surface area contributed by atoms with Gasteiger partial charge in [0.2, 0.25) is 5.91 Å². The molecule has 1 amide bonds. The van der Waals surface area contributed by atoms with Gasteiger partial charge < -0.3 is 14.8 Å². The zero-order valence-electron chi connectivity index (χ0n) is 12.8. The molecule has 0 unspecified atom stereocenters. The summed E-state index contributed by atoms with van der Waals surface area (Å²) in [4.78, 5) is 24.4. The topological polar surface area (TPSA) is 64.6 Å². The Morgan fingerprint density at radius 2 is 1.88 bits per heavy atom. The van der Waals surface area contributed by atoms with Gasteiger partial charge in [-0.15, -0.1) is 11.3 Å². The highest BCUT2D eigenvalue weighted by Gasteiger charge is 2.13. The zero-order chi connectivity index (χ0) is 16.9. The van der Waals surface area contributed by atoms with Crippen molar-refractivity contribution < 1.29 is 19.1 Å². The molecule has 1 aromatic carbocycles. The van der Waals surface area contributed by atoms with Crippen LogP contribution in [0.4, 0.5) is 0 Å². The standard InChI is InChI=1S/C17H16ClNO4S/c18-16-5-4-15(24-16)12(20)2-6-17(21)19-10-11-1-3-13-14(9-11)23-8-7-22-13/h1,3-5,9H,2,6-8,10H2,(H,19,21). The summed E-state index contributed by atoms with van der Waals surface area (Å²) in [5, 5.41) is 2.81. The number of rotatable bonds is 6. The van der Waals surface area contributed by atoms with E-state index in [0.29, 0.717) is 34.7 Å². The van der Waals surface area contributed by atoms with Crippen LogP contribution in [0.25, 0.3) is 0 Å². The van der Waals surface area contributed by atoms with E-state index in [2.05, 4.69) is 5.32 Å². The second-order valence-corrected chi connectivity index (χ2v) is 7.00. The lowest BCUT2D eigenvalue weighted by atomic mass is 10.1. The van der Waals surface area contributed by atoms with Crippen molar-refractivity contribution in [2.45, 2.75) is 19.4 Å². The molecule has 2 aromatic rings. The molecule has 0 saturated heterocycles. The number of ketones is 1. The molecule has 24 heavy (non-hydrogen) atoms. The van der Waals surface area contributed by atoms with Crippen LogP contribution in [0.1, 0.15) is 28.1 Å². The quantitative estimate of drug-likeness (QED) is 0.796. The van der Waals surface area contributed by atoms with Crippen LogP contribution in [0.15, 0.2) is 30.3 Å². The van der Waals surface area contributed by atoms with Crippen LogP contribution in [0.2, 0.25) is 4.34 Å². The van der Waals surface area contributed by atoms with Gasteiger partial charge in [0, 0.05) is 19.4 Å². The number of halogens is 1. The summed E-state index contributed by atoms with van der Waals surface area (Å²) in [6, 6.07) is 8.93. The van der Waals surface area contributed by atoms with Gasteiger partial charge in [-0.3, -0.25) is 9.59 Å². The molecular weight excluding hydrogens is 350 g/mol. The van der Waals surface area contributed by atoms with Crippen LogP contribution in [-0.2, 0) is 11.3 Å². The van der Waals surface area contributed by atoms with Crippen molar-refractivity contribution >= 4 is 34.6 Å². The SMILES string of the molecule is O=C(CCC(=O)c1ccc(Cl)s1)NCc1ccc2c(c1)OCCO2. The number of carbonyl (C=O) groups is 2. The van der Waals surface area contributed by atoms with Gasteiger partial charge in [-0.05, 0) is 29.8 Å². The van der Waals surface area contributed by atoms with Gasteiger partial charge in [-0.1, -0.05) is 17.7 Å². The predicted molar refractivity (Wildman–Crippen MR) is 92.2 cm³/mol. The van der Waals surface area contributed by atoms with Crippen molar-refractivity contribution in [3.63, 3.8) is 0 Å². The first-order chi connectivity index (χ1) is 11.6. The molecule has 0 aliphatic carbocycles. The van der Waals surface area contributed by atoms with Crippen LogP contribution < -0.4 is 14.8 Å².